The van der Waals surface area contributed by atoms with Crippen molar-refractivity contribution in [2.24, 2.45) is 0 Å². The summed E-state index contributed by atoms with van der Waals surface area (Å²) in [6.45, 7) is 4.34. The minimum absolute atomic E-state index is 0.630. The van der Waals surface area contributed by atoms with Crippen LogP contribution in [0, 0.1) is 0 Å². The smallest absolute Gasteiger partial charge is 0.138 e. The van der Waals surface area contributed by atoms with Crippen molar-refractivity contribution < 1.29 is 0 Å². The molecule has 0 saturated carbocycles. The van der Waals surface area contributed by atoms with Crippen molar-refractivity contribution in [3.05, 3.63) is 6.20 Å². The molecule has 3 nitrogen and oxygen atoms in total. The topological polar surface area (TPSA) is 41.6 Å². The van der Waals surface area contributed by atoms with Gasteiger partial charge in [0, 0.05) is 5.25 Å². The van der Waals surface area contributed by atoms with Crippen LogP contribution in [-0.2, 0) is 0 Å². The van der Waals surface area contributed by atoms with E-state index in [1.54, 1.807) is 18.0 Å². The molecule has 4 heteroatoms. The maximum absolute atomic E-state index is 3.93. The molecule has 10 heavy (non-hydrogen) atoms. The Balaban J connectivity index is 2.40. The second-order valence-electron chi connectivity index (χ2n) is 2.14. The van der Waals surface area contributed by atoms with Crippen LogP contribution in [0.25, 0.3) is 0 Å². The molecular weight excluding hydrogens is 146 g/mol. The van der Waals surface area contributed by atoms with Crippen molar-refractivity contribution in [3.8, 4) is 0 Å². The Morgan fingerprint density at radius 3 is 3.10 bits per heavy atom. The summed E-state index contributed by atoms with van der Waals surface area (Å²) in [5.41, 5.74) is 0. The van der Waals surface area contributed by atoms with Gasteiger partial charge in [0.25, 0.3) is 0 Å². The van der Waals surface area contributed by atoms with Gasteiger partial charge < -0.3 is 0 Å². The SMILES string of the molecule is CCC(C)Sc1cn[nH]n1. The molecule has 0 fully saturated rings. The number of hydrogen-bond acceptors (Lipinski definition) is 3. The number of aromatic amines is 1. The molecule has 0 aliphatic carbocycles. The van der Waals surface area contributed by atoms with Gasteiger partial charge >= 0.3 is 0 Å². The van der Waals surface area contributed by atoms with Gasteiger partial charge in [-0.05, 0) is 6.42 Å². The lowest BCUT2D eigenvalue weighted by atomic mass is 10.4. The molecule has 0 radical (unpaired) electrons. The fourth-order valence-corrected chi connectivity index (χ4v) is 1.32. The summed E-state index contributed by atoms with van der Waals surface area (Å²) >= 11 is 1.75. The van der Waals surface area contributed by atoms with E-state index in [0.29, 0.717) is 5.25 Å². The zero-order chi connectivity index (χ0) is 7.40. The second kappa shape index (κ2) is 3.61. The number of H-pyrrole nitrogens is 1. The Kier molecular flexibility index (Phi) is 2.74. The number of rotatable bonds is 3. The molecule has 0 aliphatic rings. The quantitative estimate of drug-likeness (QED) is 0.679. The van der Waals surface area contributed by atoms with E-state index in [-0.39, 0.29) is 0 Å². The molecule has 0 spiro atoms. The second-order valence-corrected chi connectivity index (χ2v) is 3.60. The normalized spacial score (nSPS) is 13.4. The first-order chi connectivity index (χ1) is 4.83. The van der Waals surface area contributed by atoms with Crippen molar-refractivity contribution in [2.75, 3.05) is 0 Å². The molecule has 1 aromatic rings. The van der Waals surface area contributed by atoms with E-state index in [2.05, 4.69) is 29.3 Å². The Morgan fingerprint density at radius 1 is 1.80 bits per heavy atom. The van der Waals surface area contributed by atoms with Crippen LogP contribution in [0.15, 0.2) is 11.2 Å². The van der Waals surface area contributed by atoms with Crippen LogP contribution in [-0.4, -0.2) is 20.7 Å². The summed E-state index contributed by atoms with van der Waals surface area (Å²) in [6.07, 6.45) is 2.91. The van der Waals surface area contributed by atoms with Gasteiger partial charge in [-0.15, -0.1) is 5.10 Å². The summed E-state index contributed by atoms with van der Waals surface area (Å²) in [7, 11) is 0. The molecule has 1 atom stereocenters. The number of hydrogen-bond donors (Lipinski definition) is 1. The van der Waals surface area contributed by atoms with Gasteiger partial charge in [0.2, 0.25) is 0 Å². The highest BCUT2D eigenvalue weighted by atomic mass is 32.2. The fourth-order valence-electron chi connectivity index (χ4n) is 0.537. The fraction of sp³-hybridized carbons (Fsp3) is 0.667. The number of aromatic nitrogens is 3. The van der Waals surface area contributed by atoms with E-state index >= 15 is 0 Å². The molecule has 0 aromatic carbocycles. The summed E-state index contributed by atoms with van der Waals surface area (Å²) in [6, 6.07) is 0. The molecule has 0 saturated heterocycles. The Morgan fingerprint density at radius 2 is 2.60 bits per heavy atom. The van der Waals surface area contributed by atoms with E-state index in [0.717, 1.165) is 11.4 Å². The van der Waals surface area contributed by atoms with Crippen LogP contribution in [0.2, 0.25) is 0 Å². The Labute approximate surface area is 64.6 Å². The molecular formula is C6H11N3S. The third-order valence-electron chi connectivity index (χ3n) is 1.29. The monoisotopic (exact) mass is 157 g/mol. The minimum atomic E-state index is 0.630. The van der Waals surface area contributed by atoms with Crippen molar-refractivity contribution in [1.82, 2.24) is 15.4 Å². The van der Waals surface area contributed by atoms with Crippen LogP contribution in [0.1, 0.15) is 20.3 Å². The van der Waals surface area contributed by atoms with Gasteiger partial charge in [-0.2, -0.15) is 10.3 Å². The van der Waals surface area contributed by atoms with Gasteiger partial charge in [0.1, 0.15) is 5.03 Å². The minimum Gasteiger partial charge on any atom is -0.197 e. The van der Waals surface area contributed by atoms with E-state index in [4.69, 9.17) is 0 Å². The summed E-state index contributed by atoms with van der Waals surface area (Å²) < 4.78 is 0. The van der Waals surface area contributed by atoms with Crippen molar-refractivity contribution in [2.45, 2.75) is 30.5 Å². The lowest BCUT2D eigenvalue weighted by Crippen LogP contribution is -1.91. The van der Waals surface area contributed by atoms with Crippen LogP contribution in [0.5, 0.6) is 0 Å². The van der Waals surface area contributed by atoms with Crippen molar-refractivity contribution in [1.29, 1.82) is 0 Å². The average Bonchev–Trinajstić information content (AvgIpc) is 2.40. The first-order valence-corrected chi connectivity index (χ1v) is 4.23. The molecule has 1 rings (SSSR count). The Bertz CT molecular complexity index is 173. The summed E-state index contributed by atoms with van der Waals surface area (Å²) in [4.78, 5) is 0. The lowest BCUT2D eigenvalue weighted by Gasteiger charge is -2.02. The van der Waals surface area contributed by atoms with Crippen LogP contribution in [0.3, 0.4) is 0 Å². The molecule has 1 unspecified atom stereocenters. The van der Waals surface area contributed by atoms with Gasteiger partial charge in [0.15, 0.2) is 0 Å². The number of thioether (sulfide) groups is 1. The molecule has 0 bridgehead atoms. The lowest BCUT2D eigenvalue weighted by molar-refractivity contribution is 0.886. The van der Waals surface area contributed by atoms with Gasteiger partial charge in [-0.3, -0.25) is 0 Å². The maximum Gasteiger partial charge on any atom is 0.138 e. The highest BCUT2D eigenvalue weighted by molar-refractivity contribution is 7.99. The predicted molar refractivity (Wildman–Crippen MR) is 42.0 cm³/mol. The van der Waals surface area contributed by atoms with E-state index in [1.807, 2.05) is 0 Å². The molecule has 0 aliphatic heterocycles. The van der Waals surface area contributed by atoms with Gasteiger partial charge in [-0.1, -0.05) is 25.6 Å². The van der Waals surface area contributed by atoms with Gasteiger partial charge in [-0.25, -0.2) is 0 Å². The van der Waals surface area contributed by atoms with E-state index in [9.17, 15) is 0 Å². The highest BCUT2D eigenvalue weighted by Gasteiger charge is 2.02. The van der Waals surface area contributed by atoms with Crippen LogP contribution >= 0.6 is 11.8 Å². The zero-order valence-electron chi connectivity index (χ0n) is 6.16. The van der Waals surface area contributed by atoms with Crippen LogP contribution in [0.4, 0.5) is 0 Å². The van der Waals surface area contributed by atoms with E-state index in [1.165, 1.54) is 0 Å². The zero-order valence-corrected chi connectivity index (χ0v) is 6.98. The molecule has 56 valence electrons. The third kappa shape index (κ3) is 2.02. The first kappa shape index (κ1) is 7.60. The molecule has 1 N–H and O–H groups in total. The number of nitrogens with one attached hydrogen (secondary N) is 1. The average molecular weight is 157 g/mol. The summed E-state index contributed by atoms with van der Waals surface area (Å²) in [5, 5.41) is 11.8. The van der Waals surface area contributed by atoms with Crippen LogP contribution < -0.4 is 0 Å². The predicted octanol–water partition coefficient (Wildman–Crippen LogP) is 1.70. The molecule has 0 amide bonds. The van der Waals surface area contributed by atoms with Crippen molar-refractivity contribution in [3.63, 3.8) is 0 Å². The largest absolute Gasteiger partial charge is 0.197 e. The highest BCUT2D eigenvalue weighted by Crippen LogP contribution is 2.20. The van der Waals surface area contributed by atoms with Crippen molar-refractivity contribution >= 4 is 11.8 Å². The molecule has 1 heterocycles. The summed E-state index contributed by atoms with van der Waals surface area (Å²) in [5.74, 6) is 0. The first-order valence-electron chi connectivity index (χ1n) is 3.35. The molecule has 1 aromatic heterocycles. The Hall–Kier alpha value is -0.510. The van der Waals surface area contributed by atoms with Gasteiger partial charge in [0.05, 0.1) is 6.20 Å². The van der Waals surface area contributed by atoms with E-state index < -0.39 is 0 Å². The standard InChI is InChI=1S/C6H11N3S/c1-3-5(2)10-6-4-7-9-8-6/h4-5H,3H2,1-2H3,(H,7,8,9). The maximum atomic E-state index is 3.93. The third-order valence-corrected chi connectivity index (χ3v) is 2.46. The number of nitrogens with zero attached hydrogens (tertiary/aromatic N) is 2.